The number of hydrogen-bond acceptors (Lipinski definition) is 24. The molecule has 0 amide bonds. The lowest BCUT2D eigenvalue weighted by molar-refractivity contribution is -0.127. The van der Waals surface area contributed by atoms with Crippen molar-refractivity contribution in [1.29, 1.82) is 15.8 Å². The Kier molecular flexibility index (Phi) is 32.1. The zero-order chi connectivity index (χ0) is 94.9. The van der Waals surface area contributed by atoms with Gasteiger partial charge in [0.25, 0.3) is 16.7 Å². The molecule has 0 radical (unpaired) electrons. The monoisotopic (exact) mass is 1820 g/mol. The average molecular weight is 1830 g/mol. The van der Waals surface area contributed by atoms with Crippen molar-refractivity contribution >= 4 is 82.0 Å². The molecule has 0 aliphatic heterocycles. The number of Topliss-reactive ketones (excluding diaryl/α,β-unsaturated/α-hetero) is 3. The predicted molar refractivity (Wildman–Crippen MR) is 489 cm³/mol. The van der Waals surface area contributed by atoms with Crippen LogP contribution < -0.4 is 33.7 Å². The lowest BCUT2D eigenvalue weighted by Crippen LogP contribution is -2.53. The van der Waals surface area contributed by atoms with Gasteiger partial charge in [-0.1, -0.05) is 115 Å². The van der Waals surface area contributed by atoms with Crippen LogP contribution in [0, 0.1) is 108 Å². The van der Waals surface area contributed by atoms with Gasteiger partial charge < -0.3 is 14.2 Å². The van der Waals surface area contributed by atoms with E-state index in [9.17, 15) is 72.1 Å². The molecule has 684 valence electrons. The number of ether oxygens (including phenoxy) is 3. The van der Waals surface area contributed by atoms with E-state index in [2.05, 4.69) is 48.8 Å². The predicted octanol–water partition coefficient (Wildman–Crippen LogP) is 15.2. The normalized spacial score (nSPS) is 13.4. The number of thiophene rings is 3. The van der Waals surface area contributed by atoms with E-state index < -0.39 is 104 Å². The number of rotatable bonds is 36. The van der Waals surface area contributed by atoms with Gasteiger partial charge in [0.1, 0.15) is 81.9 Å². The summed E-state index contributed by atoms with van der Waals surface area (Å²) >= 11 is 3.52. The molecule has 3 aromatic carbocycles. The van der Waals surface area contributed by atoms with Gasteiger partial charge in [0.05, 0.1) is 129 Å². The number of ketones is 3. The van der Waals surface area contributed by atoms with Crippen LogP contribution in [0.4, 0.5) is 13.2 Å². The second-order valence-electron chi connectivity index (χ2n) is 35.1. The molecule has 0 bridgehead atoms. The van der Waals surface area contributed by atoms with Crippen molar-refractivity contribution in [3.05, 3.63) is 222 Å². The Morgan fingerprint density at radius 3 is 0.822 bits per heavy atom. The van der Waals surface area contributed by atoms with E-state index in [1.54, 1.807) is 101 Å². The second-order valence-corrected chi connectivity index (χ2v) is 38.0. The fourth-order valence-corrected chi connectivity index (χ4v) is 19.1. The molecule has 12 rings (SSSR count). The van der Waals surface area contributed by atoms with Crippen LogP contribution in [0.15, 0.2) is 121 Å². The van der Waals surface area contributed by atoms with Crippen molar-refractivity contribution in [3.63, 3.8) is 0 Å². The van der Waals surface area contributed by atoms with Crippen LogP contribution in [0.3, 0.4) is 0 Å². The number of carbonyl (C=O) groups is 3. The molecule has 12 aromatic rings. The number of aryl methyl sites for hydroxylation is 6. The Morgan fingerprint density at radius 1 is 0.395 bits per heavy atom. The summed E-state index contributed by atoms with van der Waals surface area (Å²) in [5.74, 6) is -3.43. The van der Waals surface area contributed by atoms with Crippen LogP contribution in [-0.4, -0.2) is 110 Å². The first-order valence-corrected chi connectivity index (χ1v) is 45.4. The molecule has 0 spiro atoms. The summed E-state index contributed by atoms with van der Waals surface area (Å²) in [5, 5.41) is 56.0. The van der Waals surface area contributed by atoms with E-state index in [0.29, 0.717) is 82.1 Å². The molecule has 1 unspecified atom stereocenters. The number of benzene rings is 3. The summed E-state index contributed by atoms with van der Waals surface area (Å²) in [5.41, 5.74) is -2.36. The van der Waals surface area contributed by atoms with E-state index in [-0.39, 0.29) is 110 Å². The van der Waals surface area contributed by atoms with E-state index in [0.717, 1.165) is 30.4 Å². The molecule has 0 saturated heterocycles. The molecule has 0 N–H and O–H groups in total. The van der Waals surface area contributed by atoms with E-state index in [4.69, 9.17) is 14.2 Å². The largest absolute Gasteiger partial charge is 0.370 e. The molecule has 129 heavy (non-hydrogen) atoms. The third kappa shape index (κ3) is 21.2. The highest BCUT2D eigenvalue weighted by Gasteiger charge is 2.41. The van der Waals surface area contributed by atoms with Crippen LogP contribution in [0.2, 0.25) is 0 Å². The van der Waals surface area contributed by atoms with Crippen molar-refractivity contribution in [2.24, 2.45) is 35.5 Å². The van der Waals surface area contributed by atoms with Crippen LogP contribution >= 0.6 is 34.0 Å². The molecular weight excluding hydrogens is 1710 g/mol. The average Bonchev–Trinajstić information content (AvgIpc) is 1.61. The Morgan fingerprint density at radius 2 is 0.620 bits per heavy atom. The van der Waals surface area contributed by atoms with Crippen molar-refractivity contribution in [2.45, 2.75) is 238 Å². The summed E-state index contributed by atoms with van der Waals surface area (Å²) in [6.07, 6.45) is 8.86. The van der Waals surface area contributed by atoms with Gasteiger partial charge in [0.2, 0.25) is 0 Å². The van der Waals surface area contributed by atoms with Crippen molar-refractivity contribution in [2.75, 3.05) is 19.8 Å². The molecule has 0 aliphatic carbocycles. The number of nitriles is 3. The van der Waals surface area contributed by atoms with Gasteiger partial charge in [-0.05, 0) is 190 Å². The van der Waals surface area contributed by atoms with Crippen LogP contribution in [0.5, 0.6) is 0 Å². The fourth-order valence-electron chi connectivity index (χ4n) is 15.4. The van der Waals surface area contributed by atoms with Crippen LogP contribution in [0.25, 0.3) is 45.7 Å². The topological polar surface area (TPSA) is 374 Å². The summed E-state index contributed by atoms with van der Waals surface area (Å²) in [7, 11) is 0. The van der Waals surface area contributed by atoms with Gasteiger partial charge in [-0.25, -0.2) is 41.3 Å². The minimum absolute atomic E-state index is 0.0224. The van der Waals surface area contributed by atoms with Gasteiger partial charge in [-0.2, -0.15) is 46.4 Å². The first-order valence-electron chi connectivity index (χ1n) is 42.9. The number of hydrogen-bond donors (Lipinski definition) is 0. The van der Waals surface area contributed by atoms with Gasteiger partial charge in [0.15, 0.2) is 17.3 Å². The highest BCUT2D eigenvalue weighted by molar-refractivity contribution is 7.22. The summed E-state index contributed by atoms with van der Waals surface area (Å²) in [4.78, 5) is 131. The third-order valence-corrected chi connectivity index (χ3v) is 26.6. The first kappa shape index (κ1) is 99.3. The first-order chi connectivity index (χ1) is 60.9. The van der Waals surface area contributed by atoms with E-state index in [1.807, 2.05) is 62.3 Å². The number of aromatic nitrogens is 15. The Labute approximate surface area is 756 Å². The van der Waals surface area contributed by atoms with Crippen molar-refractivity contribution in [3.8, 4) is 33.2 Å². The maximum Gasteiger partial charge on any atom is 0.333 e. The summed E-state index contributed by atoms with van der Waals surface area (Å²) in [6, 6.07) is 19.7. The van der Waals surface area contributed by atoms with Crippen LogP contribution in [0.1, 0.15) is 212 Å². The lowest BCUT2D eigenvalue weighted by Gasteiger charge is -2.28. The van der Waals surface area contributed by atoms with E-state index >= 15 is 0 Å². The molecule has 0 saturated carbocycles. The molecule has 0 aliphatic rings. The highest BCUT2D eigenvalue weighted by atomic mass is 32.1. The zero-order valence-electron chi connectivity index (χ0n) is 76.6. The molecule has 6 atom stereocenters. The molecule has 9 aromatic heterocycles. The number of halogens is 3. The maximum atomic E-state index is 14.6. The smallest absolute Gasteiger partial charge is 0.333 e. The molecular formula is C93H111F3N18O12S3. The number of carbonyl (C=O) groups excluding carboxylic acids is 3. The Hall–Kier alpha value is -11.9. The molecule has 30 nitrogen and oxygen atoms in total. The standard InChI is InChI=1S/3C31H37FN6O4S/c3*1-8-21-9-10-22(32)14-23(21)24(42-17-19(4)15-33)16-36-29-26(20(5)28(43-29)38-34-11-12-35-38)27(40)37(30(36)41)31(6,7)25(39)13-18(2)3/h3*9-12,14,18-19,24H,8,13,16-17H2,1-7H3/t19?,24-;19-,24+;19-,24-/m101/s1. The lowest BCUT2D eigenvalue weighted by atomic mass is 9.91. The van der Waals surface area contributed by atoms with Gasteiger partial charge in [0, 0.05) is 36.0 Å². The van der Waals surface area contributed by atoms with E-state index in [1.165, 1.54) is 136 Å². The quantitative estimate of drug-likeness (QED) is 0.0352. The molecule has 9 heterocycles. The van der Waals surface area contributed by atoms with Gasteiger partial charge >= 0.3 is 17.1 Å². The summed E-state index contributed by atoms with van der Waals surface area (Å²) in [6.45, 7) is 37.0. The van der Waals surface area contributed by atoms with Crippen molar-refractivity contribution < 1.29 is 41.8 Å². The highest BCUT2D eigenvalue weighted by Crippen LogP contribution is 2.39. The number of nitrogens with zero attached hydrogens (tertiary/aromatic N) is 18. The number of fused-ring (bicyclic) bond motifs is 3. The maximum absolute atomic E-state index is 14.6. The zero-order valence-corrected chi connectivity index (χ0v) is 79.1. The Bertz CT molecular complexity index is 6010. The minimum atomic E-state index is -1.45. The van der Waals surface area contributed by atoms with Crippen molar-refractivity contribution in [1.82, 2.24) is 72.4 Å². The third-order valence-electron chi connectivity index (χ3n) is 22.7. The fraction of sp³-hybridized carbons (Fsp3) is 0.484. The summed E-state index contributed by atoms with van der Waals surface area (Å²) < 4.78 is 69.8. The second kappa shape index (κ2) is 41.7. The molecule has 36 heteroatoms. The minimum Gasteiger partial charge on any atom is -0.370 e. The van der Waals surface area contributed by atoms with Gasteiger partial charge in [-0.15, -0.1) is 14.4 Å². The Balaban J connectivity index is 0.000000201. The van der Waals surface area contributed by atoms with Crippen LogP contribution in [-0.2, 0) is 84.1 Å². The van der Waals surface area contributed by atoms with Gasteiger partial charge in [-0.3, -0.25) is 42.5 Å². The molecule has 0 fully saturated rings. The SMILES string of the molecule is CCc1ccc(F)cc1[C@@H](Cn1c(=O)n(C(C)(C)C(=O)CC(C)C)c(=O)c2c(C)c(-n3nccn3)sc21)OCC(C)C#N.CCc1ccc(F)cc1[C@@H](Cn1c(=O)n(C(C)(C)C(=O)CC(C)C)c(=O)c2c(C)c(-n3nccn3)sc21)OC[C@@H](C)C#N.CCc1ccc(F)cc1[C@@H](Cn1c(=O)n(C(C)(C)C(=O)CC(C)C)c(=O)c2c(C)c(-n3nccn3)sc21)OC[C@H](C)C#N.